The zero-order chi connectivity index (χ0) is 12.9. The van der Waals surface area contributed by atoms with Crippen LogP contribution in [0.15, 0.2) is 0 Å². The molecule has 102 valence electrons. The van der Waals surface area contributed by atoms with Crippen LogP contribution in [0.4, 0.5) is 0 Å². The molecule has 6 heteroatoms. The molecule has 2 atom stereocenters. The maximum Gasteiger partial charge on any atom is 0.214 e. The summed E-state index contributed by atoms with van der Waals surface area (Å²) in [6, 6.07) is 0.964. The first-order valence-electron chi connectivity index (χ1n) is 6.29. The molecule has 1 saturated heterocycles. The average Bonchev–Trinajstić information content (AvgIpc) is 2.69. The summed E-state index contributed by atoms with van der Waals surface area (Å²) < 4.78 is 24.3. The van der Waals surface area contributed by atoms with E-state index in [1.165, 1.54) is 17.1 Å². The predicted molar refractivity (Wildman–Crippen MR) is 70.6 cm³/mol. The van der Waals surface area contributed by atoms with E-state index in [-0.39, 0.29) is 5.75 Å². The van der Waals surface area contributed by atoms with E-state index in [9.17, 15) is 8.42 Å². The van der Waals surface area contributed by atoms with Crippen molar-refractivity contribution in [2.75, 3.05) is 32.9 Å². The van der Waals surface area contributed by atoms with Gasteiger partial charge in [-0.15, -0.1) is 0 Å². The van der Waals surface area contributed by atoms with Crippen molar-refractivity contribution in [3.63, 3.8) is 0 Å². The van der Waals surface area contributed by atoms with E-state index in [1.54, 1.807) is 14.1 Å². The van der Waals surface area contributed by atoms with Crippen molar-refractivity contribution in [3.05, 3.63) is 0 Å². The van der Waals surface area contributed by atoms with Crippen LogP contribution in [-0.4, -0.2) is 57.7 Å². The van der Waals surface area contributed by atoms with E-state index < -0.39 is 10.0 Å². The third kappa shape index (κ3) is 5.33. The molecule has 5 nitrogen and oxygen atoms in total. The van der Waals surface area contributed by atoms with Gasteiger partial charge in [-0.25, -0.2) is 12.7 Å². The summed E-state index contributed by atoms with van der Waals surface area (Å²) >= 11 is 0. The fraction of sp³-hybridized carbons (Fsp3) is 1.00. The maximum atomic E-state index is 11.5. The lowest BCUT2D eigenvalue weighted by atomic mass is 10.1. The lowest BCUT2D eigenvalue weighted by Gasteiger charge is -2.19. The third-order valence-corrected chi connectivity index (χ3v) is 5.04. The monoisotopic (exact) mass is 263 g/mol. The summed E-state index contributed by atoms with van der Waals surface area (Å²) in [5.74, 6) is 0.169. The number of rotatable bonds is 7. The number of nitrogens with one attached hydrogen (secondary N) is 2. The Morgan fingerprint density at radius 2 is 2.18 bits per heavy atom. The van der Waals surface area contributed by atoms with E-state index >= 15 is 0 Å². The molecule has 0 aromatic heterocycles. The highest BCUT2D eigenvalue weighted by atomic mass is 32.2. The molecule has 1 rings (SSSR count). The van der Waals surface area contributed by atoms with Gasteiger partial charge in [0.1, 0.15) is 0 Å². The van der Waals surface area contributed by atoms with Crippen LogP contribution in [0, 0.1) is 0 Å². The quantitative estimate of drug-likeness (QED) is 0.679. The van der Waals surface area contributed by atoms with E-state index in [4.69, 9.17) is 0 Å². The molecule has 0 saturated carbocycles. The Morgan fingerprint density at radius 3 is 2.71 bits per heavy atom. The van der Waals surface area contributed by atoms with E-state index in [1.807, 2.05) is 0 Å². The van der Waals surface area contributed by atoms with Gasteiger partial charge in [-0.3, -0.25) is 0 Å². The van der Waals surface area contributed by atoms with Crippen LogP contribution in [-0.2, 0) is 10.0 Å². The first-order chi connectivity index (χ1) is 7.92. The Balaban J connectivity index is 2.17. The van der Waals surface area contributed by atoms with Crippen molar-refractivity contribution >= 4 is 10.0 Å². The fourth-order valence-corrected chi connectivity index (χ4v) is 2.83. The molecular weight excluding hydrogens is 238 g/mol. The summed E-state index contributed by atoms with van der Waals surface area (Å²) in [7, 11) is 0.0754. The van der Waals surface area contributed by atoms with Crippen LogP contribution >= 0.6 is 0 Å². The van der Waals surface area contributed by atoms with Crippen molar-refractivity contribution in [2.24, 2.45) is 0 Å². The second-order valence-electron chi connectivity index (χ2n) is 4.98. The normalized spacial score (nSPS) is 23.2. The molecule has 0 bridgehead atoms. The smallest absolute Gasteiger partial charge is 0.214 e. The standard InChI is InChI=1S/C11H25N3O2S/c1-10(9-11-5-4-6-13-11)12-7-8-17(15,16)14(2)3/h10-13H,4-9H2,1-3H3. The number of hydrogen-bond acceptors (Lipinski definition) is 4. The van der Waals surface area contributed by atoms with Crippen molar-refractivity contribution in [3.8, 4) is 0 Å². The molecule has 1 aliphatic heterocycles. The van der Waals surface area contributed by atoms with Gasteiger partial charge in [-0.2, -0.15) is 0 Å². The molecule has 2 N–H and O–H groups in total. The summed E-state index contributed by atoms with van der Waals surface area (Å²) in [5.41, 5.74) is 0. The Kier molecular flexibility index (Phi) is 5.85. The van der Waals surface area contributed by atoms with Gasteiger partial charge in [0.25, 0.3) is 0 Å². The van der Waals surface area contributed by atoms with E-state index in [0.717, 1.165) is 13.0 Å². The van der Waals surface area contributed by atoms with Gasteiger partial charge < -0.3 is 10.6 Å². The topological polar surface area (TPSA) is 61.4 Å². The van der Waals surface area contributed by atoms with Crippen molar-refractivity contribution in [1.82, 2.24) is 14.9 Å². The van der Waals surface area contributed by atoms with Crippen LogP contribution in [0.3, 0.4) is 0 Å². The third-order valence-electron chi connectivity index (χ3n) is 3.21. The molecule has 1 heterocycles. The Morgan fingerprint density at radius 1 is 1.47 bits per heavy atom. The minimum Gasteiger partial charge on any atom is -0.314 e. The Labute approximate surface area is 105 Å². The lowest BCUT2D eigenvalue weighted by Crippen LogP contribution is -2.38. The lowest BCUT2D eigenvalue weighted by molar-refractivity contribution is 0.446. The molecule has 0 amide bonds. The highest BCUT2D eigenvalue weighted by molar-refractivity contribution is 7.89. The van der Waals surface area contributed by atoms with Gasteiger partial charge in [0.15, 0.2) is 0 Å². The number of sulfonamides is 1. The van der Waals surface area contributed by atoms with Crippen LogP contribution in [0.1, 0.15) is 26.2 Å². The summed E-state index contributed by atoms with van der Waals surface area (Å²) in [4.78, 5) is 0. The molecule has 1 fully saturated rings. The highest BCUT2D eigenvalue weighted by Gasteiger charge is 2.18. The molecule has 0 spiro atoms. The van der Waals surface area contributed by atoms with Crippen LogP contribution in [0.5, 0.6) is 0 Å². The average molecular weight is 263 g/mol. The van der Waals surface area contributed by atoms with Crippen molar-refractivity contribution in [1.29, 1.82) is 0 Å². The second kappa shape index (κ2) is 6.68. The predicted octanol–water partition coefficient (Wildman–Crippen LogP) is -0.00200. The van der Waals surface area contributed by atoms with Crippen molar-refractivity contribution < 1.29 is 8.42 Å². The SMILES string of the molecule is CC(CC1CCCN1)NCCS(=O)(=O)N(C)C. The highest BCUT2D eigenvalue weighted by Crippen LogP contribution is 2.10. The van der Waals surface area contributed by atoms with E-state index in [0.29, 0.717) is 18.6 Å². The van der Waals surface area contributed by atoms with Gasteiger partial charge in [0.2, 0.25) is 10.0 Å². The van der Waals surface area contributed by atoms with Crippen LogP contribution in [0.25, 0.3) is 0 Å². The zero-order valence-corrected chi connectivity index (χ0v) is 11.9. The van der Waals surface area contributed by atoms with Gasteiger partial charge >= 0.3 is 0 Å². The van der Waals surface area contributed by atoms with E-state index in [2.05, 4.69) is 17.6 Å². The van der Waals surface area contributed by atoms with Gasteiger partial charge in [0.05, 0.1) is 5.75 Å². The van der Waals surface area contributed by atoms with Crippen molar-refractivity contribution in [2.45, 2.75) is 38.3 Å². The molecule has 2 unspecified atom stereocenters. The Bertz CT molecular complexity index is 311. The number of hydrogen-bond donors (Lipinski definition) is 2. The van der Waals surface area contributed by atoms with Gasteiger partial charge in [0, 0.05) is 32.7 Å². The summed E-state index contributed by atoms with van der Waals surface area (Å²) in [6.45, 7) is 3.75. The van der Waals surface area contributed by atoms with Crippen LogP contribution in [0.2, 0.25) is 0 Å². The molecule has 17 heavy (non-hydrogen) atoms. The van der Waals surface area contributed by atoms with Crippen LogP contribution < -0.4 is 10.6 Å². The molecule has 0 aromatic carbocycles. The second-order valence-corrected chi connectivity index (χ2v) is 7.28. The minimum atomic E-state index is -3.07. The first-order valence-corrected chi connectivity index (χ1v) is 7.89. The zero-order valence-electron chi connectivity index (χ0n) is 11.1. The largest absolute Gasteiger partial charge is 0.314 e. The molecule has 1 aliphatic rings. The molecule has 0 aromatic rings. The summed E-state index contributed by atoms with van der Waals surface area (Å²) in [5, 5.41) is 6.72. The molecule has 0 radical (unpaired) electrons. The fourth-order valence-electron chi connectivity index (χ4n) is 2.08. The first kappa shape index (κ1) is 14.9. The molecular formula is C11H25N3O2S. The van der Waals surface area contributed by atoms with Gasteiger partial charge in [-0.05, 0) is 32.7 Å². The van der Waals surface area contributed by atoms with Gasteiger partial charge in [-0.1, -0.05) is 0 Å². The summed E-state index contributed by atoms with van der Waals surface area (Å²) in [6.07, 6.45) is 3.57. The minimum absolute atomic E-state index is 0.169. The molecule has 0 aliphatic carbocycles. The Hall–Kier alpha value is -0.170. The maximum absolute atomic E-state index is 11.5. The number of nitrogens with zero attached hydrogens (tertiary/aromatic N) is 1.